The zero-order valence-electron chi connectivity index (χ0n) is 8.25. The Labute approximate surface area is 74.7 Å². The molecule has 0 aliphatic heterocycles. The highest BCUT2D eigenvalue weighted by Crippen LogP contribution is 2.78. The monoisotopic (exact) mass is 165 g/mol. The van der Waals surface area contributed by atoms with Crippen LogP contribution in [0.2, 0.25) is 0 Å². The zero-order chi connectivity index (χ0) is 8.67. The van der Waals surface area contributed by atoms with E-state index in [1.807, 2.05) is 0 Å². The average molecular weight is 165 g/mol. The van der Waals surface area contributed by atoms with Gasteiger partial charge in [0, 0.05) is 6.04 Å². The van der Waals surface area contributed by atoms with Crippen molar-refractivity contribution >= 4 is 0 Å². The predicted octanol–water partition coefficient (Wildman–Crippen LogP) is 1.87. The van der Waals surface area contributed by atoms with Crippen LogP contribution in [0.5, 0.6) is 0 Å². The SMILES string of the molecule is CC(C)(C)C1C2C3CC(N)[C@H]3C21. The Morgan fingerprint density at radius 3 is 2.17 bits per heavy atom. The summed E-state index contributed by atoms with van der Waals surface area (Å²) in [7, 11) is 0. The molecule has 0 radical (unpaired) electrons. The van der Waals surface area contributed by atoms with Crippen LogP contribution < -0.4 is 5.73 Å². The molecule has 0 aromatic rings. The van der Waals surface area contributed by atoms with Gasteiger partial charge >= 0.3 is 0 Å². The van der Waals surface area contributed by atoms with Crippen LogP contribution in [0.1, 0.15) is 27.2 Å². The van der Waals surface area contributed by atoms with Gasteiger partial charge in [-0.1, -0.05) is 20.8 Å². The first kappa shape index (κ1) is 7.37. The van der Waals surface area contributed by atoms with Crippen molar-refractivity contribution in [2.45, 2.75) is 33.2 Å². The highest BCUT2D eigenvalue weighted by molar-refractivity contribution is 5.24. The molecule has 0 bridgehead atoms. The third-order valence-electron chi connectivity index (χ3n) is 4.60. The quantitative estimate of drug-likeness (QED) is 0.582. The van der Waals surface area contributed by atoms with Gasteiger partial charge in [-0.3, -0.25) is 0 Å². The largest absolute Gasteiger partial charge is 0.327 e. The summed E-state index contributed by atoms with van der Waals surface area (Å²) in [4.78, 5) is 0. The predicted molar refractivity (Wildman–Crippen MR) is 49.5 cm³/mol. The van der Waals surface area contributed by atoms with E-state index in [-0.39, 0.29) is 0 Å². The first-order valence-electron chi connectivity index (χ1n) is 5.27. The first-order valence-corrected chi connectivity index (χ1v) is 5.27. The Hall–Kier alpha value is -0.0400. The molecule has 12 heavy (non-hydrogen) atoms. The van der Waals surface area contributed by atoms with Gasteiger partial charge in [0.15, 0.2) is 0 Å². The Bertz CT molecular complexity index is 228. The van der Waals surface area contributed by atoms with Crippen LogP contribution in [0, 0.1) is 35.0 Å². The summed E-state index contributed by atoms with van der Waals surface area (Å²) in [5.41, 5.74) is 6.53. The fourth-order valence-electron chi connectivity index (χ4n) is 4.15. The summed E-state index contributed by atoms with van der Waals surface area (Å²) in [6.07, 6.45) is 1.33. The Kier molecular flexibility index (Phi) is 1.07. The fourth-order valence-corrected chi connectivity index (χ4v) is 4.15. The molecule has 0 spiro atoms. The summed E-state index contributed by atoms with van der Waals surface area (Å²) in [5.74, 6) is 5.14. The van der Waals surface area contributed by atoms with Crippen molar-refractivity contribution in [3.05, 3.63) is 0 Å². The topological polar surface area (TPSA) is 26.0 Å². The lowest BCUT2D eigenvalue weighted by molar-refractivity contribution is 0.00967. The standard InChI is InChI=1S/C11H19N/c1-11(2,3)10-8-5-4-6(12)7(5)9(8)10/h5-10H,4,12H2,1-3H3/t5?,6?,7-,8?,9?,10?/m0/s1. The third-order valence-corrected chi connectivity index (χ3v) is 4.60. The zero-order valence-corrected chi connectivity index (χ0v) is 8.25. The van der Waals surface area contributed by atoms with E-state index in [0.29, 0.717) is 11.5 Å². The normalized spacial score (nSPS) is 61.0. The Morgan fingerprint density at radius 1 is 1.08 bits per heavy atom. The summed E-state index contributed by atoms with van der Waals surface area (Å²) in [6, 6.07) is 0.573. The van der Waals surface area contributed by atoms with Crippen molar-refractivity contribution in [3.63, 3.8) is 0 Å². The van der Waals surface area contributed by atoms with E-state index in [1.165, 1.54) is 6.42 Å². The molecule has 0 saturated heterocycles. The van der Waals surface area contributed by atoms with Crippen LogP contribution in [0.4, 0.5) is 0 Å². The van der Waals surface area contributed by atoms with Gasteiger partial charge in [-0.05, 0) is 41.4 Å². The molecule has 3 fully saturated rings. The minimum absolute atomic E-state index is 0.548. The van der Waals surface area contributed by atoms with E-state index < -0.39 is 0 Å². The van der Waals surface area contributed by atoms with Crippen molar-refractivity contribution in [3.8, 4) is 0 Å². The van der Waals surface area contributed by atoms with E-state index in [4.69, 9.17) is 5.73 Å². The molecule has 1 heteroatoms. The van der Waals surface area contributed by atoms with Crippen LogP contribution in [-0.4, -0.2) is 6.04 Å². The van der Waals surface area contributed by atoms with Crippen molar-refractivity contribution in [1.29, 1.82) is 0 Å². The smallest absolute Gasteiger partial charge is 0.00756 e. The fraction of sp³-hybridized carbons (Fsp3) is 1.00. The Morgan fingerprint density at radius 2 is 1.75 bits per heavy atom. The van der Waals surface area contributed by atoms with Gasteiger partial charge in [0.1, 0.15) is 0 Å². The molecule has 5 unspecified atom stereocenters. The number of rotatable bonds is 0. The molecule has 3 saturated carbocycles. The van der Waals surface area contributed by atoms with E-state index in [9.17, 15) is 0 Å². The molecule has 3 rings (SSSR count). The lowest BCUT2D eigenvalue weighted by Crippen LogP contribution is -2.55. The van der Waals surface area contributed by atoms with Crippen LogP contribution in [0.3, 0.4) is 0 Å². The number of hydrogen-bond donors (Lipinski definition) is 1. The summed E-state index contributed by atoms with van der Waals surface area (Å²) >= 11 is 0. The minimum Gasteiger partial charge on any atom is -0.327 e. The summed E-state index contributed by atoms with van der Waals surface area (Å²) < 4.78 is 0. The van der Waals surface area contributed by atoms with Gasteiger partial charge in [0.05, 0.1) is 0 Å². The van der Waals surface area contributed by atoms with Gasteiger partial charge < -0.3 is 5.73 Å². The molecular weight excluding hydrogens is 146 g/mol. The van der Waals surface area contributed by atoms with Crippen molar-refractivity contribution in [1.82, 2.24) is 0 Å². The van der Waals surface area contributed by atoms with Crippen molar-refractivity contribution < 1.29 is 0 Å². The molecule has 0 aromatic heterocycles. The number of hydrogen-bond acceptors (Lipinski definition) is 1. The first-order chi connectivity index (χ1) is 5.52. The van der Waals surface area contributed by atoms with E-state index in [1.54, 1.807) is 0 Å². The van der Waals surface area contributed by atoms with E-state index >= 15 is 0 Å². The molecule has 0 aromatic carbocycles. The molecule has 0 amide bonds. The second-order valence-electron chi connectivity index (χ2n) is 6.19. The molecule has 6 atom stereocenters. The van der Waals surface area contributed by atoms with Gasteiger partial charge in [0.25, 0.3) is 0 Å². The van der Waals surface area contributed by atoms with Gasteiger partial charge in [-0.2, -0.15) is 0 Å². The van der Waals surface area contributed by atoms with Gasteiger partial charge in [-0.15, -0.1) is 0 Å². The maximum absolute atomic E-state index is 5.99. The van der Waals surface area contributed by atoms with Crippen molar-refractivity contribution in [2.75, 3.05) is 0 Å². The lowest BCUT2D eigenvalue weighted by Gasteiger charge is -2.50. The third kappa shape index (κ3) is 0.618. The molecule has 2 N–H and O–H groups in total. The number of nitrogens with two attached hydrogens (primary N) is 1. The average Bonchev–Trinajstić information content (AvgIpc) is 2.49. The van der Waals surface area contributed by atoms with Gasteiger partial charge in [0.2, 0.25) is 0 Å². The molecule has 68 valence electrons. The van der Waals surface area contributed by atoms with Crippen LogP contribution in [0.25, 0.3) is 0 Å². The van der Waals surface area contributed by atoms with Crippen LogP contribution in [0.15, 0.2) is 0 Å². The maximum atomic E-state index is 5.99. The minimum atomic E-state index is 0.548. The van der Waals surface area contributed by atoms with Crippen LogP contribution in [-0.2, 0) is 0 Å². The molecule has 1 nitrogen and oxygen atoms in total. The molecule has 3 aliphatic rings. The van der Waals surface area contributed by atoms with Crippen molar-refractivity contribution in [2.24, 2.45) is 40.7 Å². The second kappa shape index (κ2) is 1.75. The Balaban J connectivity index is 1.76. The second-order valence-corrected chi connectivity index (χ2v) is 6.19. The van der Waals surface area contributed by atoms with E-state index in [2.05, 4.69) is 20.8 Å². The van der Waals surface area contributed by atoms with Gasteiger partial charge in [-0.25, -0.2) is 0 Å². The molecular formula is C11H19N. The lowest BCUT2D eigenvalue weighted by atomic mass is 9.57. The molecule has 3 aliphatic carbocycles. The highest BCUT2D eigenvalue weighted by atomic mass is 14.9. The highest BCUT2D eigenvalue weighted by Gasteiger charge is 2.76. The summed E-state index contributed by atoms with van der Waals surface area (Å²) in [5, 5.41) is 0. The van der Waals surface area contributed by atoms with E-state index in [0.717, 1.165) is 29.6 Å². The number of fused-ring (bicyclic) bond motifs is 4. The van der Waals surface area contributed by atoms with Crippen LogP contribution >= 0.6 is 0 Å². The summed E-state index contributed by atoms with van der Waals surface area (Å²) in [6.45, 7) is 7.17. The molecule has 0 heterocycles. The maximum Gasteiger partial charge on any atom is 0.00756 e.